The third kappa shape index (κ3) is 2.95. The highest BCUT2D eigenvalue weighted by atomic mass is 35.5. The van der Waals surface area contributed by atoms with Crippen LogP contribution in [0.25, 0.3) is 0 Å². The molecule has 1 aromatic carbocycles. The molecule has 0 aliphatic carbocycles. The lowest BCUT2D eigenvalue weighted by Crippen LogP contribution is -1.89. The lowest BCUT2D eigenvalue weighted by molar-refractivity contribution is 1.29. The first kappa shape index (κ1) is 11.4. The van der Waals surface area contributed by atoms with Crippen LogP contribution in [0.5, 0.6) is 0 Å². The first-order valence-electron chi connectivity index (χ1n) is 4.39. The molecule has 0 fully saturated rings. The Morgan fingerprint density at radius 3 is 2.88 bits per heavy atom. The first-order chi connectivity index (χ1) is 7.75. The lowest BCUT2D eigenvalue weighted by Gasteiger charge is -1.97. The summed E-state index contributed by atoms with van der Waals surface area (Å²) in [6, 6.07) is 5.31. The van der Waals surface area contributed by atoms with Crippen molar-refractivity contribution in [2.75, 3.05) is 5.43 Å². The molecule has 0 radical (unpaired) electrons. The summed E-state index contributed by atoms with van der Waals surface area (Å²) in [4.78, 5) is 4.03. The van der Waals surface area contributed by atoms with Gasteiger partial charge in [-0.25, -0.2) is 4.98 Å². The summed E-state index contributed by atoms with van der Waals surface area (Å²) in [7, 11) is 0. The molecule has 0 saturated carbocycles. The number of hydrogen-bond donors (Lipinski definition) is 1. The molecule has 0 unspecified atom stereocenters. The molecule has 3 nitrogen and oxygen atoms in total. The molecule has 2 aromatic rings. The zero-order chi connectivity index (χ0) is 11.4. The summed E-state index contributed by atoms with van der Waals surface area (Å²) in [5.74, 6) is 0. The Hall–Kier alpha value is -1.10. The van der Waals surface area contributed by atoms with Crippen LogP contribution in [0.4, 0.5) is 5.13 Å². The van der Waals surface area contributed by atoms with E-state index in [4.69, 9.17) is 23.2 Å². The summed E-state index contributed by atoms with van der Waals surface area (Å²) >= 11 is 13.1. The fourth-order valence-electron chi connectivity index (χ4n) is 1.03. The molecule has 0 amide bonds. The lowest BCUT2D eigenvalue weighted by atomic mass is 10.2. The van der Waals surface area contributed by atoms with Gasteiger partial charge in [0, 0.05) is 11.6 Å². The first-order valence-corrected chi connectivity index (χ1v) is 6.03. The second-order valence-electron chi connectivity index (χ2n) is 2.88. The van der Waals surface area contributed by atoms with E-state index in [1.165, 1.54) is 11.3 Å². The summed E-state index contributed by atoms with van der Waals surface area (Å²) < 4.78 is 0. The van der Waals surface area contributed by atoms with E-state index >= 15 is 0 Å². The van der Waals surface area contributed by atoms with E-state index in [2.05, 4.69) is 15.5 Å². The quantitative estimate of drug-likeness (QED) is 0.679. The summed E-state index contributed by atoms with van der Waals surface area (Å²) in [6.07, 6.45) is 3.37. The number of hydrazone groups is 1. The van der Waals surface area contributed by atoms with Gasteiger partial charge in [-0.15, -0.1) is 11.3 Å². The standard InChI is InChI=1S/C10H7Cl2N3S/c11-8-2-1-7(5-9(8)12)6-14-15-10-13-3-4-16-10/h1-6H,(H,13,15)/b14-6-. The highest BCUT2D eigenvalue weighted by Gasteiger charge is 1.97. The van der Waals surface area contributed by atoms with E-state index in [-0.39, 0.29) is 0 Å². The van der Waals surface area contributed by atoms with Crippen LogP contribution >= 0.6 is 34.5 Å². The normalized spacial score (nSPS) is 10.9. The minimum atomic E-state index is 0.514. The molecule has 0 bridgehead atoms. The van der Waals surface area contributed by atoms with Gasteiger partial charge in [-0.3, -0.25) is 5.43 Å². The maximum Gasteiger partial charge on any atom is 0.203 e. The van der Waals surface area contributed by atoms with Crippen LogP contribution in [0.2, 0.25) is 10.0 Å². The van der Waals surface area contributed by atoms with Crippen molar-refractivity contribution >= 4 is 45.9 Å². The molecule has 0 saturated heterocycles. The van der Waals surface area contributed by atoms with Crippen LogP contribution in [0, 0.1) is 0 Å². The Morgan fingerprint density at radius 1 is 1.31 bits per heavy atom. The zero-order valence-corrected chi connectivity index (χ0v) is 10.4. The molecule has 0 aliphatic heterocycles. The van der Waals surface area contributed by atoms with Crippen LogP contribution < -0.4 is 5.43 Å². The van der Waals surface area contributed by atoms with Gasteiger partial charge in [0.25, 0.3) is 0 Å². The van der Waals surface area contributed by atoms with Crippen molar-refractivity contribution in [1.29, 1.82) is 0 Å². The van der Waals surface area contributed by atoms with Gasteiger partial charge < -0.3 is 0 Å². The largest absolute Gasteiger partial charge is 0.253 e. The van der Waals surface area contributed by atoms with E-state index in [9.17, 15) is 0 Å². The minimum absolute atomic E-state index is 0.514. The highest BCUT2D eigenvalue weighted by molar-refractivity contribution is 7.13. The predicted octanol–water partition coefficient (Wildman–Crippen LogP) is 3.90. The van der Waals surface area contributed by atoms with Gasteiger partial charge in [-0.1, -0.05) is 29.3 Å². The van der Waals surface area contributed by atoms with Gasteiger partial charge in [0.15, 0.2) is 0 Å². The van der Waals surface area contributed by atoms with Crippen LogP contribution in [-0.2, 0) is 0 Å². The van der Waals surface area contributed by atoms with Gasteiger partial charge in [-0.2, -0.15) is 5.10 Å². The summed E-state index contributed by atoms with van der Waals surface area (Å²) in [6.45, 7) is 0. The van der Waals surface area contributed by atoms with E-state index in [0.29, 0.717) is 10.0 Å². The van der Waals surface area contributed by atoms with Crippen molar-refractivity contribution < 1.29 is 0 Å². The molecule has 0 atom stereocenters. The van der Waals surface area contributed by atoms with Gasteiger partial charge in [-0.05, 0) is 17.7 Å². The molecule has 6 heteroatoms. The molecule has 16 heavy (non-hydrogen) atoms. The Bertz CT molecular complexity index is 497. The van der Waals surface area contributed by atoms with Crippen LogP contribution in [0.3, 0.4) is 0 Å². The molecule has 1 N–H and O–H groups in total. The predicted molar refractivity (Wildman–Crippen MR) is 69.8 cm³/mol. The third-order valence-electron chi connectivity index (χ3n) is 1.75. The number of hydrogen-bond acceptors (Lipinski definition) is 4. The molecule has 2 rings (SSSR count). The number of benzene rings is 1. The Morgan fingerprint density at radius 2 is 2.19 bits per heavy atom. The highest BCUT2D eigenvalue weighted by Crippen LogP contribution is 2.21. The van der Waals surface area contributed by atoms with Gasteiger partial charge in [0.1, 0.15) is 0 Å². The van der Waals surface area contributed by atoms with Crippen molar-refractivity contribution in [2.24, 2.45) is 5.10 Å². The van der Waals surface area contributed by atoms with E-state index in [0.717, 1.165) is 10.7 Å². The topological polar surface area (TPSA) is 37.3 Å². The number of nitrogens with zero attached hydrogens (tertiary/aromatic N) is 2. The number of nitrogens with one attached hydrogen (secondary N) is 1. The molecule has 82 valence electrons. The minimum Gasteiger partial charge on any atom is -0.253 e. The van der Waals surface area contributed by atoms with Crippen molar-refractivity contribution in [1.82, 2.24) is 4.98 Å². The number of rotatable bonds is 3. The Labute approximate surface area is 107 Å². The number of thiazole rings is 1. The summed E-state index contributed by atoms with van der Waals surface area (Å²) in [5.41, 5.74) is 3.68. The van der Waals surface area contributed by atoms with Crippen molar-refractivity contribution in [3.8, 4) is 0 Å². The SMILES string of the molecule is Clc1ccc(/C=N\Nc2nccs2)cc1Cl. The van der Waals surface area contributed by atoms with Crippen molar-refractivity contribution in [3.63, 3.8) is 0 Å². The monoisotopic (exact) mass is 271 g/mol. The maximum absolute atomic E-state index is 5.87. The van der Waals surface area contributed by atoms with E-state index in [1.807, 2.05) is 11.4 Å². The van der Waals surface area contributed by atoms with Crippen molar-refractivity contribution in [2.45, 2.75) is 0 Å². The van der Waals surface area contributed by atoms with Gasteiger partial charge in [0.05, 0.1) is 16.3 Å². The van der Waals surface area contributed by atoms with Crippen LogP contribution in [-0.4, -0.2) is 11.2 Å². The molecule has 1 aromatic heterocycles. The molecular formula is C10H7Cl2N3S. The van der Waals surface area contributed by atoms with Crippen LogP contribution in [0.1, 0.15) is 5.56 Å². The second-order valence-corrected chi connectivity index (χ2v) is 4.59. The van der Waals surface area contributed by atoms with Crippen molar-refractivity contribution in [3.05, 3.63) is 45.4 Å². The summed E-state index contributed by atoms with van der Waals surface area (Å²) in [5, 5.41) is 7.69. The van der Waals surface area contributed by atoms with E-state index < -0.39 is 0 Å². The average Bonchev–Trinajstić information content (AvgIpc) is 2.76. The fourth-order valence-corrected chi connectivity index (χ4v) is 1.82. The van der Waals surface area contributed by atoms with Gasteiger partial charge in [0.2, 0.25) is 5.13 Å². The second kappa shape index (κ2) is 5.30. The molecule has 0 aliphatic rings. The number of aromatic nitrogens is 1. The smallest absolute Gasteiger partial charge is 0.203 e. The third-order valence-corrected chi connectivity index (χ3v) is 3.17. The Balaban J connectivity index is 2.03. The van der Waals surface area contributed by atoms with E-state index in [1.54, 1.807) is 24.5 Å². The Kier molecular flexibility index (Phi) is 3.77. The molecule has 1 heterocycles. The van der Waals surface area contributed by atoms with Crippen LogP contribution in [0.15, 0.2) is 34.9 Å². The molecular weight excluding hydrogens is 265 g/mol. The molecule has 0 spiro atoms. The fraction of sp³-hybridized carbons (Fsp3) is 0. The number of anilines is 1. The zero-order valence-electron chi connectivity index (χ0n) is 8.02. The number of halogens is 2. The average molecular weight is 272 g/mol. The maximum atomic E-state index is 5.87. The van der Waals surface area contributed by atoms with Gasteiger partial charge >= 0.3 is 0 Å².